The van der Waals surface area contributed by atoms with Crippen molar-refractivity contribution in [3.8, 4) is 0 Å². The highest BCUT2D eigenvalue weighted by atomic mass is 35.5. The third-order valence-electron chi connectivity index (χ3n) is 5.73. The molecule has 3 aliphatic heterocycles. The summed E-state index contributed by atoms with van der Waals surface area (Å²) in [4.78, 5) is 52.0. The molecule has 0 radical (unpaired) electrons. The highest BCUT2D eigenvalue weighted by Crippen LogP contribution is 2.54. The molecule has 28 heavy (non-hydrogen) atoms. The number of carbonyl (C=O) groups is 4. The zero-order valence-corrected chi connectivity index (χ0v) is 15.8. The number of likely N-dealkylation sites (tertiary alicyclic amines) is 1. The first-order valence-corrected chi connectivity index (χ1v) is 9.21. The minimum Gasteiger partial charge on any atom is -0.383 e. The standard InChI is InChI=1S/C18H19ClN4O5/c1-28-6-5-23-15(25)12-10(7-11(20)24)22-18(13(12)16(23)26)8-3-2-4-9(19)14(8)21-17(18)27/h2-4,10,12-13,22H,5-7H2,1H3,(H2,20,24)(H,21,27)/t10-,12+,13-,18-/m0/s1. The van der Waals surface area contributed by atoms with Crippen molar-refractivity contribution in [2.75, 3.05) is 25.6 Å². The molecule has 2 saturated heterocycles. The van der Waals surface area contributed by atoms with E-state index in [1.54, 1.807) is 18.2 Å². The van der Waals surface area contributed by atoms with Gasteiger partial charge in [-0.25, -0.2) is 0 Å². The van der Waals surface area contributed by atoms with E-state index in [2.05, 4.69) is 10.6 Å². The monoisotopic (exact) mass is 406 g/mol. The second kappa shape index (κ2) is 6.54. The minimum absolute atomic E-state index is 0.0740. The van der Waals surface area contributed by atoms with Crippen LogP contribution >= 0.6 is 11.6 Å². The first-order valence-electron chi connectivity index (χ1n) is 8.83. The maximum absolute atomic E-state index is 13.2. The van der Waals surface area contributed by atoms with E-state index in [1.165, 1.54) is 7.11 Å². The van der Waals surface area contributed by atoms with Gasteiger partial charge in [0.2, 0.25) is 23.6 Å². The van der Waals surface area contributed by atoms with Gasteiger partial charge in [-0.05, 0) is 6.07 Å². The Balaban J connectivity index is 1.85. The molecule has 10 heteroatoms. The normalized spacial score (nSPS) is 30.7. The quantitative estimate of drug-likeness (QED) is 0.569. The largest absolute Gasteiger partial charge is 0.383 e. The van der Waals surface area contributed by atoms with E-state index in [4.69, 9.17) is 22.1 Å². The Morgan fingerprint density at radius 3 is 2.75 bits per heavy atom. The molecule has 148 valence electrons. The molecule has 0 saturated carbocycles. The molecule has 4 amide bonds. The van der Waals surface area contributed by atoms with Crippen molar-refractivity contribution in [1.29, 1.82) is 0 Å². The number of hydrogen-bond donors (Lipinski definition) is 3. The van der Waals surface area contributed by atoms with Gasteiger partial charge in [0, 0.05) is 25.1 Å². The van der Waals surface area contributed by atoms with Gasteiger partial charge in [-0.1, -0.05) is 23.7 Å². The van der Waals surface area contributed by atoms with E-state index < -0.39 is 47.0 Å². The molecule has 0 aromatic heterocycles. The van der Waals surface area contributed by atoms with Gasteiger partial charge < -0.3 is 15.8 Å². The topological polar surface area (TPSA) is 131 Å². The van der Waals surface area contributed by atoms with Crippen LogP contribution in [0, 0.1) is 11.8 Å². The molecule has 1 spiro atoms. The van der Waals surface area contributed by atoms with E-state index >= 15 is 0 Å². The molecular weight excluding hydrogens is 388 g/mol. The predicted molar refractivity (Wildman–Crippen MR) is 98.1 cm³/mol. The molecule has 2 fully saturated rings. The van der Waals surface area contributed by atoms with Crippen LogP contribution in [0.15, 0.2) is 18.2 Å². The zero-order chi connectivity index (χ0) is 20.2. The Bertz CT molecular complexity index is 906. The summed E-state index contributed by atoms with van der Waals surface area (Å²) in [7, 11) is 1.47. The number of nitrogens with two attached hydrogens (primary N) is 1. The first kappa shape index (κ1) is 18.9. The van der Waals surface area contributed by atoms with Crippen LogP contribution in [0.4, 0.5) is 5.69 Å². The van der Waals surface area contributed by atoms with Crippen LogP contribution in [-0.4, -0.2) is 54.8 Å². The van der Waals surface area contributed by atoms with E-state index in [-0.39, 0.29) is 19.6 Å². The molecule has 0 bridgehead atoms. The number of ether oxygens (including phenoxy) is 1. The van der Waals surface area contributed by atoms with Crippen LogP contribution < -0.4 is 16.4 Å². The number of amides is 4. The van der Waals surface area contributed by atoms with Crippen LogP contribution in [-0.2, 0) is 29.5 Å². The number of fused-ring (bicyclic) bond motifs is 4. The highest BCUT2D eigenvalue weighted by Gasteiger charge is 2.70. The Morgan fingerprint density at radius 2 is 2.07 bits per heavy atom. The number of methoxy groups -OCH3 is 1. The van der Waals surface area contributed by atoms with Gasteiger partial charge in [0.25, 0.3) is 0 Å². The lowest BCUT2D eigenvalue weighted by molar-refractivity contribution is -0.143. The number of hydrogen-bond acceptors (Lipinski definition) is 6. The van der Waals surface area contributed by atoms with Crippen molar-refractivity contribution in [3.63, 3.8) is 0 Å². The predicted octanol–water partition coefficient (Wildman–Crippen LogP) is -0.418. The summed E-state index contributed by atoms with van der Waals surface area (Å²) in [6.07, 6.45) is -0.177. The molecular formula is C18H19ClN4O5. The number of para-hydroxylation sites is 1. The summed E-state index contributed by atoms with van der Waals surface area (Å²) in [6, 6.07) is 4.23. The highest BCUT2D eigenvalue weighted by molar-refractivity contribution is 6.35. The maximum atomic E-state index is 13.2. The van der Waals surface area contributed by atoms with Gasteiger partial charge in [-0.15, -0.1) is 0 Å². The Morgan fingerprint density at radius 1 is 1.32 bits per heavy atom. The van der Waals surface area contributed by atoms with Gasteiger partial charge in [0.1, 0.15) is 5.54 Å². The second-order valence-electron chi connectivity index (χ2n) is 7.17. The van der Waals surface area contributed by atoms with Crippen LogP contribution in [0.5, 0.6) is 0 Å². The van der Waals surface area contributed by atoms with Gasteiger partial charge in [-0.3, -0.25) is 29.4 Å². The van der Waals surface area contributed by atoms with Crippen LogP contribution in [0.25, 0.3) is 0 Å². The fourth-order valence-corrected chi connectivity index (χ4v) is 4.87. The molecule has 4 N–H and O–H groups in total. The minimum atomic E-state index is -1.49. The zero-order valence-electron chi connectivity index (χ0n) is 15.0. The Kier molecular flexibility index (Phi) is 4.40. The van der Waals surface area contributed by atoms with Crippen molar-refractivity contribution in [1.82, 2.24) is 10.2 Å². The Labute approximate surface area is 165 Å². The number of imide groups is 1. The molecule has 1 aromatic rings. The third kappa shape index (κ3) is 2.40. The fourth-order valence-electron chi connectivity index (χ4n) is 4.65. The van der Waals surface area contributed by atoms with Crippen LogP contribution in [0.2, 0.25) is 5.02 Å². The van der Waals surface area contributed by atoms with Crippen molar-refractivity contribution in [2.45, 2.75) is 18.0 Å². The summed E-state index contributed by atoms with van der Waals surface area (Å²) >= 11 is 6.23. The number of carbonyl (C=O) groups excluding carboxylic acids is 4. The second-order valence-corrected chi connectivity index (χ2v) is 7.58. The number of halogens is 1. The van der Waals surface area contributed by atoms with Crippen LogP contribution in [0.1, 0.15) is 12.0 Å². The van der Waals surface area contributed by atoms with E-state index in [1.807, 2.05) is 0 Å². The molecule has 4 rings (SSSR count). The SMILES string of the molecule is COCCN1C(=O)[C@@H]2[C@H](CC(N)=O)N[C@]3(C(=O)Nc4c(Cl)cccc43)[C@@H]2C1=O. The van der Waals surface area contributed by atoms with Gasteiger partial charge in [0.15, 0.2) is 0 Å². The van der Waals surface area contributed by atoms with Crippen molar-refractivity contribution >= 4 is 40.9 Å². The van der Waals surface area contributed by atoms with Gasteiger partial charge in [-0.2, -0.15) is 0 Å². The number of primary amides is 1. The lowest BCUT2D eigenvalue weighted by atomic mass is 9.76. The third-order valence-corrected chi connectivity index (χ3v) is 6.05. The van der Waals surface area contributed by atoms with Crippen molar-refractivity contribution in [3.05, 3.63) is 28.8 Å². The van der Waals surface area contributed by atoms with Crippen molar-refractivity contribution in [2.24, 2.45) is 17.6 Å². The Hall–Kier alpha value is -2.49. The number of benzene rings is 1. The average molecular weight is 407 g/mol. The summed E-state index contributed by atoms with van der Waals surface area (Å²) in [5.74, 6) is -3.91. The number of nitrogens with zero attached hydrogens (tertiary/aromatic N) is 1. The van der Waals surface area contributed by atoms with Crippen LogP contribution in [0.3, 0.4) is 0 Å². The molecule has 0 unspecified atom stereocenters. The number of rotatable bonds is 5. The molecule has 4 atom stereocenters. The average Bonchev–Trinajstić information content (AvgIpc) is 3.20. The van der Waals surface area contributed by atoms with Gasteiger partial charge >= 0.3 is 0 Å². The molecule has 3 aliphatic rings. The van der Waals surface area contributed by atoms with E-state index in [9.17, 15) is 19.2 Å². The summed E-state index contributed by atoms with van der Waals surface area (Å²) in [6.45, 7) is 0.247. The molecule has 1 aromatic carbocycles. The smallest absolute Gasteiger partial charge is 0.250 e. The lowest BCUT2D eigenvalue weighted by Gasteiger charge is -2.29. The van der Waals surface area contributed by atoms with Gasteiger partial charge in [0.05, 0.1) is 35.7 Å². The number of nitrogens with one attached hydrogen (secondary N) is 2. The summed E-state index contributed by atoms with van der Waals surface area (Å²) < 4.78 is 4.99. The molecule has 0 aliphatic carbocycles. The molecule has 3 heterocycles. The van der Waals surface area contributed by atoms with E-state index in [0.29, 0.717) is 16.3 Å². The first-order chi connectivity index (χ1) is 13.3. The maximum Gasteiger partial charge on any atom is 0.250 e. The number of anilines is 1. The fraction of sp³-hybridized carbons (Fsp3) is 0.444. The molecule has 9 nitrogen and oxygen atoms in total. The summed E-state index contributed by atoms with van der Waals surface area (Å²) in [5.41, 5.74) is 4.76. The van der Waals surface area contributed by atoms with Crippen molar-refractivity contribution < 1.29 is 23.9 Å². The lowest BCUT2D eigenvalue weighted by Crippen LogP contribution is -2.53. The van der Waals surface area contributed by atoms with E-state index in [0.717, 1.165) is 4.90 Å². The summed E-state index contributed by atoms with van der Waals surface area (Å²) in [5, 5.41) is 6.15.